The first-order chi connectivity index (χ1) is 14.4. The lowest BCUT2D eigenvalue weighted by Gasteiger charge is -2.24. The molecule has 0 radical (unpaired) electrons. The molecule has 4 heteroatoms. The second kappa shape index (κ2) is 9.49. The molecule has 0 saturated carbocycles. The summed E-state index contributed by atoms with van der Waals surface area (Å²) >= 11 is 0. The quantitative estimate of drug-likeness (QED) is 0.586. The molecule has 0 fully saturated rings. The van der Waals surface area contributed by atoms with Crippen molar-refractivity contribution >= 4 is 17.3 Å². The molecule has 30 heavy (non-hydrogen) atoms. The summed E-state index contributed by atoms with van der Waals surface area (Å²) < 4.78 is 0. The van der Waals surface area contributed by atoms with Crippen molar-refractivity contribution in [2.24, 2.45) is 0 Å². The molecule has 0 spiro atoms. The number of benzene rings is 3. The fourth-order valence-electron chi connectivity index (χ4n) is 3.68. The third-order valence-electron chi connectivity index (χ3n) is 5.38. The summed E-state index contributed by atoms with van der Waals surface area (Å²) in [7, 11) is 8.20. The van der Waals surface area contributed by atoms with E-state index in [9.17, 15) is 4.79 Å². The molecule has 0 unspecified atom stereocenters. The highest BCUT2D eigenvalue weighted by Crippen LogP contribution is 2.35. The first kappa shape index (κ1) is 21.4. The van der Waals surface area contributed by atoms with Gasteiger partial charge in [0.2, 0.25) is 5.91 Å². The maximum atomic E-state index is 11.5. The molecule has 3 aromatic rings. The van der Waals surface area contributed by atoms with Crippen molar-refractivity contribution in [3.8, 4) is 0 Å². The van der Waals surface area contributed by atoms with Gasteiger partial charge < -0.3 is 15.1 Å². The van der Waals surface area contributed by atoms with E-state index in [0.29, 0.717) is 6.54 Å². The number of rotatable bonds is 7. The standard InChI is InChI=1S/C26H31N3O/c1-19(30)27-18-22-8-6-7-9-25(22)26(20-10-14-23(15-11-20)28(2)3)21-12-16-24(17-13-21)29(4)5/h6-17,26H,18H2,1-5H3,(H,27,30). The van der Waals surface area contributed by atoms with Crippen LogP contribution in [0.4, 0.5) is 11.4 Å². The molecule has 0 aliphatic heterocycles. The zero-order valence-corrected chi connectivity index (χ0v) is 18.5. The Balaban J connectivity index is 2.09. The van der Waals surface area contributed by atoms with Gasteiger partial charge in [-0.15, -0.1) is 0 Å². The van der Waals surface area contributed by atoms with Crippen molar-refractivity contribution in [1.29, 1.82) is 0 Å². The normalized spacial score (nSPS) is 10.7. The predicted molar refractivity (Wildman–Crippen MR) is 126 cm³/mol. The van der Waals surface area contributed by atoms with Crippen LogP contribution in [-0.2, 0) is 11.3 Å². The molecule has 3 aromatic carbocycles. The van der Waals surface area contributed by atoms with Gasteiger partial charge in [0.1, 0.15) is 0 Å². The molecular weight excluding hydrogens is 370 g/mol. The summed E-state index contributed by atoms with van der Waals surface area (Å²) in [5.74, 6) is 0.0643. The third kappa shape index (κ3) is 5.01. The molecule has 0 saturated heterocycles. The molecule has 1 amide bonds. The average molecular weight is 402 g/mol. The maximum absolute atomic E-state index is 11.5. The molecule has 1 N–H and O–H groups in total. The minimum atomic E-state index is -0.0213. The van der Waals surface area contributed by atoms with Crippen molar-refractivity contribution in [1.82, 2.24) is 5.32 Å². The van der Waals surface area contributed by atoms with Gasteiger partial charge >= 0.3 is 0 Å². The molecular formula is C26H31N3O. The molecule has 0 aliphatic rings. The van der Waals surface area contributed by atoms with E-state index in [2.05, 4.69) is 110 Å². The van der Waals surface area contributed by atoms with E-state index in [1.165, 1.54) is 28.1 Å². The second-order valence-corrected chi connectivity index (χ2v) is 8.01. The van der Waals surface area contributed by atoms with Crippen LogP contribution in [-0.4, -0.2) is 34.1 Å². The van der Waals surface area contributed by atoms with Gasteiger partial charge in [0, 0.05) is 59.0 Å². The highest BCUT2D eigenvalue weighted by molar-refractivity contribution is 5.72. The summed E-state index contributed by atoms with van der Waals surface area (Å²) in [6.45, 7) is 2.08. The molecule has 0 aromatic heterocycles. The van der Waals surface area contributed by atoms with E-state index in [1.807, 2.05) is 6.07 Å². The van der Waals surface area contributed by atoms with Gasteiger partial charge in [0.05, 0.1) is 0 Å². The Kier molecular flexibility index (Phi) is 6.78. The zero-order valence-electron chi connectivity index (χ0n) is 18.5. The first-order valence-electron chi connectivity index (χ1n) is 10.2. The summed E-state index contributed by atoms with van der Waals surface area (Å²) in [5, 5.41) is 2.96. The number of hydrogen-bond donors (Lipinski definition) is 1. The van der Waals surface area contributed by atoms with Gasteiger partial charge in [-0.1, -0.05) is 48.5 Å². The molecule has 0 aliphatic carbocycles. The summed E-state index contributed by atoms with van der Waals surface area (Å²) in [6, 6.07) is 25.8. The largest absolute Gasteiger partial charge is 0.378 e. The number of amides is 1. The van der Waals surface area contributed by atoms with Crippen LogP contribution in [0.2, 0.25) is 0 Å². The van der Waals surface area contributed by atoms with Crippen molar-refractivity contribution < 1.29 is 4.79 Å². The SMILES string of the molecule is CC(=O)NCc1ccccc1C(c1ccc(N(C)C)cc1)c1ccc(N(C)C)cc1. The van der Waals surface area contributed by atoms with Crippen molar-refractivity contribution in [2.75, 3.05) is 38.0 Å². The van der Waals surface area contributed by atoms with Crippen LogP contribution < -0.4 is 15.1 Å². The fraction of sp³-hybridized carbons (Fsp3) is 0.269. The Morgan fingerprint density at radius 3 is 1.67 bits per heavy atom. The number of nitrogens with zero attached hydrogens (tertiary/aromatic N) is 2. The van der Waals surface area contributed by atoms with E-state index in [-0.39, 0.29) is 11.8 Å². The lowest BCUT2D eigenvalue weighted by molar-refractivity contribution is -0.119. The number of carbonyl (C=O) groups excluding carboxylic acids is 1. The molecule has 4 nitrogen and oxygen atoms in total. The molecule has 0 atom stereocenters. The van der Waals surface area contributed by atoms with Crippen LogP contribution in [0.3, 0.4) is 0 Å². The number of carbonyl (C=O) groups is 1. The topological polar surface area (TPSA) is 35.6 Å². The first-order valence-corrected chi connectivity index (χ1v) is 10.2. The van der Waals surface area contributed by atoms with E-state index in [1.54, 1.807) is 6.92 Å². The van der Waals surface area contributed by atoms with Crippen LogP contribution >= 0.6 is 0 Å². The Morgan fingerprint density at radius 1 is 0.767 bits per heavy atom. The summed E-state index contributed by atoms with van der Waals surface area (Å²) in [6.07, 6.45) is 0. The summed E-state index contributed by atoms with van der Waals surface area (Å²) in [4.78, 5) is 15.7. The van der Waals surface area contributed by atoms with Crippen LogP contribution in [0.1, 0.15) is 35.1 Å². The van der Waals surface area contributed by atoms with Crippen molar-refractivity contribution in [3.63, 3.8) is 0 Å². The van der Waals surface area contributed by atoms with Crippen molar-refractivity contribution in [3.05, 3.63) is 95.1 Å². The van der Waals surface area contributed by atoms with E-state index in [0.717, 1.165) is 5.56 Å². The highest BCUT2D eigenvalue weighted by atomic mass is 16.1. The lowest BCUT2D eigenvalue weighted by atomic mass is 9.82. The van der Waals surface area contributed by atoms with E-state index >= 15 is 0 Å². The molecule has 3 rings (SSSR count). The van der Waals surface area contributed by atoms with Crippen LogP contribution in [0, 0.1) is 0 Å². The van der Waals surface area contributed by atoms with Gasteiger partial charge in [-0.25, -0.2) is 0 Å². The maximum Gasteiger partial charge on any atom is 0.217 e. The van der Waals surface area contributed by atoms with Crippen LogP contribution in [0.25, 0.3) is 0 Å². The second-order valence-electron chi connectivity index (χ2n) is 8.01. The smallest absolute Gasteiger partial charge is 0.217 e. The minimum absolute atomic E-state index is 0.0213. The Labute approximate surface area is 180 Å². The highest BCUT2D eigenvalue weighted by Gasteiger charge is 2.20. The van der Waals surface area contributed by atoms with Crippen LogP contribution in [0.15, 0.2) is 72.8 Å². The van der Waals surface area contributed by atoms with Crippen LogP contribution in [0.5, 0.6) is 0 Å². The van der Waals surface area contributed by atoms with Gasteiger partial charge in [-0.05, 0) is 46.5 Å². The molecule has 0 heterocycles. The minimum Gasteiger partial charge on any atom is -0.378 e. The Morgan fingerprint density at radius 2 is 1.23 bits per heavy atom. The summed E-state index contributed by atoms with van der Waals surface area (Å²) in [5.41, 5.74) is 7.15. The Bertz CT molecular complexity index is 924. The van der Waals surface area contributed by atoms with Gasteiger partial charge in [-0.2, -0.15) is 0 Å². The zero-order chi connectivity index (χ0) is 21.7. The number of anilines is 2. The van der Waals surface area contributed by atoms with E-state index in [4.69, 9.17) is 0 Å². The van der Waals surface area contributed by atoms with Gasteiger partial charge in [0.15, 0.2) is 0 Å². The fourth-order valence-corrected chi connectivity index (χ4v) is 3.68. The number of hydrogen-bond acceptors (Lipinski definition) is 3. The number of nitrogens with one attached hydrogen (secondary N) is 1. The molecule has 0 bridgehead atoms. The molecule has 156 valence electrons. The predicted octanol–water partition coefficient (Wildman–Crippen LogP) is 4.63. The van der Waals surface area contributed by atoms with E-state index < -0.39 is 0 Å². The Hall–Kier alpha value is -3.27. The lowest BCUT2D eigenvalue weighted by Crippen LogP contribution is -2.20. The monoisotopic (exact) mass is 401 g/mol. The van der Waals surface area contributed by atoms with Gasteiger partial charge in [0.25, 0.3) is 0 Å². The van der Waals surface area contributed by atoms with Gasteiger partial charge in [-0.3, -0.25) is 4.79 Å². The third-order valence-corrected chi connectivity index (χ3v) is 5.38. The average Bonchev–Trinajstić information content (AvgIpc) is 2.74. The van der Waals surface area contributed by atoms with Crippen molar-refractivity contribution in [2.45, 2.75) is 19.4 Å².